The van der Waals surface area contributed by atoms with Crippen LogP contribution in [0.1, 0.15) is 32.0 Å². The van der Waals surface area contributed by atoms with Crippen LogP contribution < -0.4 is 19.8 Å². The lowest BCUT2D eigenvalue weighted by Gasteiger charge is -2.17. The Kier molecular flexibility index (Phi) is 6.79. The van der Waals surface area contributed by atoms with Gasteiger partial charge in [0, 0.05) is 24.0 Å². The third-order valence-electron chi connectivity index (χ3n) is 6.19. The molecule has 34 heavy (non-hydrogen) atoms. The second-order valence-electron chi connectivity index (χ2n) is 8.12. The van der Waals surface area contributed by atoms with Crippen LogP contribution in [0.4, 0.5) is 5.69 Å². The van der Waals surface area contributed by atoms with Crippen molar-refractivity contribution in [2.75, 3.05) is 14.2 Å². The van der Waals surface area contributed by atoms with Crippen molar-refractivity contribution >= 4 is 17.0 Å². The predicted octanol–water partition coefficient (Wildman–Crippen LogP) is 5.24. The molecule has 0 aliphatic carbocycles. The van der Waals surface area contributed by atoms with E-state index in [4.69, 9.17) is 14.5 Å². The van der Waals surface area contributed by atoms with Crippen molar-refractivity contribution in [1.82, 2.24) is 13.9 Å². The van der Waals surface area contributed by atoms with Crippen molar-refractivity contribution < 1.29 is 9.47 Å². The molecular formula is C26H30N4O3S. The lowest BCUT2D eigenvalue weighted by atomic mass is 10.1. The van der Waals surface area contributed by atoms with Crippen molar-refractivity contribution in [3.8, 4) is 28.4 Å². The zero-order valence-corrected chi connectivity index (χ0v) is 21.2. The number of thiazole rings is 1. The average molecular weight is 479 g/mol. The summed E-state index contributed by atoms with van der Waals surface area (Å²) in [5.74, 6) is 1.50. The maximum atomic E-state index is 13.4. The molecule has 0 N–H and O–H groups in total. The molecule has 0 radical (unpaired) electrons. The quantitative estimate of drug-likeness (QED) is 0.365. The molecule has 0 aliphatic heterocycles. The molecule has 0 bridgehead atoms. The zero-order valence-electron chi connectivity index (χ0n) is 20.4. The fourth-order valence-electron chi connectivity index (χ4n) is 4.00. The number of aromatic nitrogens is 3. The Balaban J connectivity index is 1.96. The summed E-state index contributed by atoms with van der Waals surface area (Å²) >= 11 is 1.51. The van der Waals surface area contributed by atoms with Crippen LogP contribution in [0, 0.1) is 6.92 Å². The highest BCUT2D eigenvalue weighted by molar-refractivity contribution is 7.07. The number of rotatable bonds is 7. The Morgan fingerprint density at radius 1 is 1.09 bits per heavy atom. The highest BCUT2D eigenvalue weighted by Crippen LogP contribution is 2.35. The van der Waals surface area contributed by atoms with Gasteiger partial charge in [-0.3, -0.25) is 9.48 Å². The topological polar surface area (TPSA) is 62.7 Å². The average Bonchev–Trinajstić information content (AvgIpc) is 3.38. The van der Waals surface area contributed by atoms with Crippen molar-refractivity contribution in [2.45, 2.75) is 33.2 Å². The summed E-state index contributed by atoms with van der Waals surface area (Å²) in [6.45, 7) is 6.22. The molecule has 0 saturated carbocycles. The molecule has 4 rings (SSSR count). The highest BCUT2D eigenvalue weighted by atomic mass is 32.1. The highest BCUT2D eigenvalue weighted by Gasteiger charge is 2.20. The van der Waals surface area contributed by atoms with E-state index in [0.717, 1.165) is 45.4 Å². The molecule has 4 aromatic rings. The summed E-state index contributed by atoms with van der Waals surface area (Å²) in [5, 5.41) is 2.07. The van der Waals surface area contributed by atoms with Crippen molar-refractivity contribution in [2.24, 2.45) is 12.0 Å². The zero-order chi connectivity index (χ0) is 24.4. The SMILES string of the molecule is CCC(C)n1c(-c2cc(OC)ccc2OC)csc1=Nc1c(C)n(C)n(-c2ccccc2)c1=O. The van der Waals surface area contributed by atoms with Crippen molar-refractivity contribution in [3.63, 3.8) is 0 Å². The molecule has 0 saturated heterocycles. The fraction of sp³-hybridized carbons (Fsp3) is 0.308. The van der Waals surface area contributed by atoms with Gasteiger partial charge in [-0.15, -0.1) is 11.3 Å². The van der Waals surface area contributed by atoms with Gasteiger partial charge >= 0.3 is 0 Å². The number of ether oxygens (including phenoxy) is 2. The third-order valence-corrected chi connectivity index (χ3v) is 7.03. The molecule has 7 nitrogen and oxygen atoms in total. The first-order valence-corrected chi connectivity index (χ1v) is 12.1. The Morgan fingerprint density at radius 3 is 2.47 bits per heavy atom. The van der Waals surface area contributed by atoms with Crippen LogP contribution in [0.15, 0.2) is 63.7 Å². The molecule has 2 aromatic carbocycles. The number of nitrogens with zero attached hydrogens (tertiary/aromatic N) is 4. The van der Waals surface area contributed by atoms with E-state index >= 15 is 0 Å². The number of benzene rings is 2. The Bertz CT molecular complexity index is 1430. The molecule has 0 amide bonds. The molecular weight excluding hydrogens is 448 g/mol. The normalized spacial score (nSPS) is 12.7. The van der Waals surface area contributed by atoms with Gasteiger partial charge in [0.15, 0.2) is 10.5 Å². The molecule has 2 heterocycles. The molecule has 0 fully saturated rings. The molecule has 0 spiro atoms. The molecule has 1 unspecified atom stereocenters. The molecule has 8 heteroatoms. The summed E-state index contributed by atoms with van der Waals surface area (Å²) in [7, 11) is 5.20. The Labute approximate surface area is 203 Å². The van der Waals surface area contributed by atoms with Gasteiger partial charge < -0.3 is 14.0 Å². The van der Waals surface area contributed by atoms with Crippen LogP contribution in [0.5, 0.6) is 11.5 Å². The smallest absolute Gasteiger partial charge is 0.297 e. The van der Waals surface area contributed by atoms with E-state index in [0.29, 0.717) is 5.69 Å². The largest absolute Gasteiger partial charge is 0.497 e. The van der Waals surface area contributed by atoms with Crippen LogP contribution >= 0.6 is 11.3 Å². The summed E-state index contributed by atoms with van der Waals surface area (Å²) in [4.78, 5) is 19.1. The minimum absolute atomic E-state index is 0.143. The van der Waals surface area contributed by atoms with Crippen LogP contribution in [-0.4, -0.2) is 28.2 Å². The first kappa shape index (κ1) is 23.6. The van der Waals surface area contributed by atoms with E-state index < -0.39 is 0 Å². The Morgan fingerprint density at radius 2 is 1.82 bits per heavy atom. The third kappa shape index (κ3) is 4.09. The summed E-state index contributed by atoms with van der Waals surface area (Å²) in [6.07, 6.45) is 0.908. The van der Waals surface area contributed by atoms with Crippen LogP contribution in [0.25, 0.3) is 16.9 Å². The van der Waals surface area contributed by atoms with E-state index in [-0.39, 0.29) is 11.6 Å². The molecule has 0 aliphatic rings. The number of para-hydroxylation sites is 1. The van der Waals surface area contributed by atoms with Gasteiger partial charge in [0.1, 0.15) is 11.5 Å². The van der Waals surface area contributed by atoms with E-state index in [1.54, 1.807) is 18.9 Å². The van der Waals surface area contributed by atoms with E-state index in [1.165, 1.54) is 11.3 Å². The second kappa shape index (κ2) is 9.77. The maximum absolute atomic E-state index is 13.4. The van der Waals surface area contributed by atoms with Gasteiger partial charge in [0.25, 0.3) is 5.56 Å². The molecule has 178 valence electrons. The van der Waals surface area contributed by atoms with Gasteiger partial charge in [0.05, 0.1) is 31.3 Å². The van der Waals surface area contributed by atoms with Gasteiger partial charge in [0.2, 0.25) is 0 Å². The van der Waals surface area contributed by atoms with Crippen molar-refractivity contribution in [3.05, 3.63) is 74.8 Å². The van der Waals surface area contributed by atoms with Gasteiger partial charge in [-0.2, -0.15) is 0 Å². The molecule has 1 atom stereocenters. The minimum atomic E-state index is -0.143. The van der Waals surface area contributed by atoms with Crippen LogP contribution in [0.2, 0.25) is 0 Å². The van der Waals surface area contributed by atoms with E-state index in [9.17, 15) is 4.79 Å². The fourth-order valence-corrected chi connectivity index (χ4v) is 4.99. The monoisotopic (exact) mass is 478 g/mol. The van der Waals surface area contributed by atoms with Crippen molar-refractivity contribution in [1.29, 1.82) is 0 Å². The number of hydrogen-bond acceptors (Lipinski definition) is 5. The summed E-state index contributed by atoms with van der Waals surface area (Å²) in [5.41, 5.74) is 3.81. The Hall–Kier alpha value is -3.52. The van der Waals surface area contributed by atoms with Gasteiger partial charge in [-0.25, -0.2) is 9.67 Å². The van der Waals surface area contributed by atoms with Crippen LogP contribution in [0.3, 0.4) is 0 Å². The first-order chi connectivity index (χ1) is 16.4. The summed E-state index contributed by atoms with van der Waals surface area (Å²) < 4.78 is 16.8. The molecule has 2 aromatic heterocycles. The minimum Gasteiger partial charge on any atom is -0.497 e. The lowest BCUT2D eigenvalue weighted by Crippen LogP contribution is -2.21. The van der Waals surface area contributed by atoms with Crippen LogP contribution in [-0.2, 0) is 7.05 Å². The van der Waals surface area contributed by atoms with Gasteiger partial charge in [-0.05, 0) is 50.6 Å². The number of methoxy groups -OCH3 is 2. The van der Waals surface area contributed by atoms with E-state index in [1.807, 2.05) is 67.2 Å². The summed E-state index contributed by atoms with van der Waals surface area (Å²) in [6, 6.07) is 15.5. The number of hydrogen-bond donors (Lipinski definition) is 0. The van der Waals surface area contributed by atoms with Gasteiger partial charge in [-0.1, -0.05) is 25.1 Å². The van der Waals surface area contributed by atoms with E-state index in [2.05, 4.69) is 23.8 Å². The maximum Gasteiger partial charge on any atom is 0.297 e. The second-order valence-corrected chi connectivity index (χ2v) is 8.96. The standard InChI is InChI=1S/C26H30N4O3S/c1-7-17(2)29-22(21-15-20(32-5)13-14-23(21)33-6)16-34-26(29)27-24-18(3)28(4)30(25(24)31)19-11-9-8-10-12-19/h8-17H,7H2,1-6H3. The predicted molar refractivity (Wildman–Crippen MR) is 137 cm³/mol. The lowest BCUT2D eigenvalue weighted by molar-refractivity contribution is 0.403. The first-order valence-electron chi connectivity index (χ1n) is 11.2.